The minimum atomic E-state index is -3.11. The van der Waals surface area contributed by atoms with Crippen LogP contribution < -0.4 is 0 Å². The predicted octanol–water partition coefficient (Wildman–Crippen LogP) is 0.559. The average molecular weight is 252 g/mol. The molecule has 1 aliphatic rings. The van der Waals surface area contributed by atoms with Gasteiger partial charge in [-0.3, -0.25) is 4.90 Å². The number of rotatable bonds is 5. The number of hydrogen-bond acceptors (Lipinski definition) is 3. The van der Waals surface area contributed by atoms with Gasteiger partial charge in [-0.25, -0.2) is 12.8 Å². The van der Waals surface area contributed by atoms with Gasteiger partial charge in [0.1, 0.15) is 6.67 Å². The minimum Gasteiger partial charge on any atom is -0.298 e. The first-order valence-corrected chi connectivity index (χ1v) is 7.33. The van der Waals surface area contributed by atoms with Crippen molar-refractivity contribution in [3.63, 3.8) is 0 Å². The topological polar surface area (TPSA) is 40.6 Å². The van der Waals surface area contributed by atoms with Crippen molar-refractivity contribution in [1.82, 2.24) is 9.21 Å². The van der Waals surface area contributed by atoms with Crippen molar-refractivity contribution in [2.24, 2.45) is 5.92 Å². The third-order valence-electron chi connectivity index (χ3n) is 2.67. The summed E-state index contributed by atoms with van der Waals surface area (Å²) in [5.41, 5.74) is 0. The van der Waals surface area contributed by atoms with E-state index in [9.17, 15) is 12.8 Å². The van der Waals surface area contributed by atoms with Crippen LogP contribution in [0.25, 0.3) is 0 Å². The van der Waals surface area contributed by atoms with Gasteiger partial charge in [-0.1, -0.05) is 13.8 Å². The zero-order valence-electron chi connectivity index (χ0n) is 10.0. The highest BCUT2D eigenvalue weighted by molar-refractivity contribution is 7.89. The molecular formula is C10H21FN2O2S. The van der Waals surface area contributed by atoms with E-state index < -0.39 is 10.0 Å². The van der Waals surface area contributed by atoms with E-state index in [-0.39, 0.29) is 18.3 Å². The fourth-order valence-electron chi connectivity index (χ4n) is 1.88. The molecule has 1 fully saturated rings. The Labute approximate surface area is 97.5 Å². The molecule has 0 aromatic heterocycles. The molecule has 1 aliphatic heterocycles. The van der Waals surface area contributed by atoms with Crippen LogP contribution in [0, 0.1) is 5.92 Å². The summed E-state index contributed by atoms with van der Waals surface area (Å²) in [5.74, 6) is 0.352. The highest BCUT2D eigenvalue weighted by Crippen LogP contribution is 2.10. The molecule has 0 spiro atoms. The number of sulfonamides is 1. The molecule has 0 unspecified atom stereocenters. The van der Waals surface area contributed by atoms with Gasteiger partial charge in [0.2, 0.25) is 10.0 Å². The van der Waals surface area contributed by atoms with Crippen LogP contribution in [0.2, 0.25) is 0 Å². The van der Waals surface area contributed by atoms with Gasteiger partial charge in [-0.2, -0.15) is 4.31 Å². The highest BCUT2D eigenvalue weighted by atomic mass is 32.2. The molecule has 0 bridgehead atoms. The Bertz CT molecular complexity index is 298. The summed E-state index contributed by atoms with van der Waals surface area (Å²) < 4.78 is 37.4. The van der Waals surface area contributed by atoms with E-state index in [1.807, 2.05) is 18.7 Å². The normalized spacial score (nSPS) is 20.5. The van der Waals surface area contributed by atoms with Gasteiger partial charge in [-0.15, -0.1) is 0 Å². The second kappa shape index (κ2) is 5.93. The van der Waals surface area contributed by atoms with E-state index in [4.69, 9.17) is 0 Å². The fraction of sp³-hybridized carbons (Fsp3) is 1.00. The molecule has 0 aromatic carbocycles. The number of hydrogen-bond donors (Lipinski definition) is 0. The smallest absolute Gasteiger partial charge is 0.214 e. The average Bonchev–Trinajstić information content (AvgIpc) is 2.17. The summed E-state index contributed by atoms with van der Waals surface area (Å²) in [6.45, 7) is 6.12. The Morgan fingerprint density at radius 3 is 2.19 bits per heavy atom. The summed E-state index contributed by atoms with van der Waals surface area (Å²) in [4.78, 5) is 1.96. The first kappa shape index (κ1) is 13.9. The van der Waals surface area contributed by atoms with E-state index >= 15 is 0 Å². The maximum atomic E-state index is 12.1. The second-order valence-corrected chi connectivity index (χ2v) is 6.62. The van der Waals surface area contributed by atoms with Crippen molar-refractivity contribution in [2.75, 3.05) is 45.2 Å². The molecule has 0 saturated carbocycles. The van der Waals surface area contributed by atoms with Crippen molar-refractivity contribution in [3.05, 3.63) is 0 Å². The lowest BCUT2D eigenvalue weighted by Gasteiger charge is -2.33. The summed E-state index contributed by atoms with van der Waals surface area (Å²) in [6.07, 6.45) is 0. The van der Waals surface area contributed by atoms with Gasteiger partial charge < -0.3 is 0 Å². The maximum absolute atomic E-state index is 12.1. The number of piperazine rings is 1. The van der Waals surface area contributed by atoms with Crippen LogP contribution >= 0.6 is 0 Å². The molecule has 1 saturated heterocycles. The Morgan fingerprint density at radius 1 is 1.19 bits per heavy atom. The third kappa shape index (κ3) is 3.99. The SMILES string of the molecule is CC(C)CS(=O)(=O)N1CCN(CCF)CC1. The number of alkyl halides is 1. The number of halogens is 1. The Morgan fingerprint density at radius 2 is 1.75 bits per heavy atom. The molecule has 1 heterocycles. The summed E-state index contributed by atoms with van der Waals surface area (Å²) >= 11 is 0. The molecular weight excluding hydrogens is 231 g/mol. The van der Waals surface area contributed by atoms with Crippen LogP contribution in [-0.2, 0) is 10.0 Å². The predicted molar refractivity (Wildman–Crippen MR) is 62.6 cm³/mol. The molecule has 1 rings (SSSR count). The Balaban J connectivity index is 2.47. The van der Waals surface area contributed by atoms with E-state index in [1.165, 1.54) is 4.31 Å². The summed E-state index contributed by atoms with van der Waals surface area (Å²) in [7, 11) is -3.11. The number of nitrogens with zero attached hydrogens (tertiary/aromatic N) is 2. The molecule has 0 amide bonds. The van der Waals surface area contributed by atoms with Crippen molar-refractivity contribution in [3.8, 4) is 0 Å². The summed E-state index contributed by atoms with van der Waals surface area (Å²) in [6, 6.07) is 0. The molecule has 0 radical (unpaired) electrons. The third-order valence-corrected chi connectivity index (χ3v) is 4.91. The second-order valence-electron chi connectivity index (χ2n) is 4.60. The molecule has 6 heteroatoms. The Kier molecular flexibility index (Phi) is 5.14. The fourth-order valence-corrected chi connectivity index (χ4v) is 3.65. The van der Waals surface area contributed by atoms with Crippen LogP contribution in [0.15, 0.2) is 0 Å². The van der Waals surface area contributed by atoms with Crippen molar-refractivity contribution in [1.29, 1.82) is 0 Å². The van der Waals surface area contributed by atoms with Crippen LogP contribution in [0.4, 0.5) is 4.39 Å². The van der Waals surface area contributed by atoms with Gasteiger partial charge in [0.15, 0.2) is 0 Å². The van der Waals surface area contributed by atoms with Crippen LogP contribution in [0.1, 0.15) is 13.8 Å². The first-order chi connectivity index (χ1) is 7.45. The van der Waals surface area contributed by atoms with Crippen LogP contribution in [0.3, 0.4) is 0 Å². The first-order valence-electron chi connectivity index (χ1n) is 5.72. The quantitative estimate of drug-likeness (QED) is 0.718. The van der Waals surface area contributed by atoms with E-state index in [0.29, 0.717) is 32.7 Å². The maximum Gasteiger partial charge on any atom is 0.214 e. The standard InChI is InChI=1S/C10H21FN2O2S/c1-10(2)9-16(14,15)13-7-5-12(4-3-11)6-8-13/h10H,3-9H2,1-2H3. The van der Waals surface area contributed by atoms with Gasteiger partial charge >= 0.3 is 0 Å². The van der Waals surface area contributed by atoms with Gasteiger partial charge in [0.25, 0.3) is 0 Å². The van der Waals surface area contributed by atoms with Crippen molar-refractivity contribution >= 4 is 10.0 Å². The molecule has 0 aliphatic carbocycles. The van der Waals surface area contributed by atoms with E-state index in [2.05, 4.69) is 0 Å². The zero-order valence-corrected chi connectivity index (χ0v) is 10.8. The van der Waals surface area contributed by atoms with Crippen LogP contribution in [0.5, 0.6) is 0 Å². The zero-order chi connectivity index (χ0) is 12.2. The molecule has 0 N–H and O–H groups in total. The molecule has 16 heavy (non-hydrogen) atoms. The lowest BCUT2D eigenvalue weighted by molar-refractivity contribution is 0.176. The van der Waals surface area contributed by atoms with Crippen LogP contribution in [-0.4, -0.2) is 62.8 Å². The van der Waals surface area contributed by atoms with E-state index in [1.54, 1.807) is 0 Å². The molecule has 4 nitrogen and oxygen atoms in total. The van der Waals surface area contributed by atoms with Crippen molar-refractivity contribution < 1.29 is 12.8 Å². The Hall–Kier alpha value is -0.200. The molecule has 0 aromatic rings. The lowest BCUT2D eigenvalue weighted by Crippen LogP contribution is -2.49. The molecule has 0 atom stereocenters. The van der Waals surface area contributed by atoms with E-state index in [0.717, 1.165) is 0 Å². The monoisotopic (exact) mass is 252 g/mol. The van der Waals surface area contributed by atoms with Gasteiger partial charge in [0, 0.05) is 32.7 Å². The van der Waals surface area contributed by atoms with Gasteiger partial charge in [0.05, 0.1) is 5.75 Å². The lowest BCUT2D eigenvalue weighted by atomic mass is 10.3. The minimum absolute atomic E-state index is 0.147. The molecule has 96 valence electrons. The highest BCUT2D eigenvalue weighted by Gasteiger charge is 2.27. The van der Waals surface area contributed by atoms with Gasteiger partial charge in [-0.05, 0) is 5.92 Å². The van der Waals surface area contributed by atoms with Crippen molar-refractivity contribution in [2.45, 2.75) is 13.8 Å². The largest absolute Gasteiger partial charge is 0.298 e. The summed E-state index contributed by atoms with van der Waals surface area (Å²) in [5, 5.41) is 0.